The average molecular weight is 568 g/mol. The molecular weight excluding hydrogens is 518 g/mol. The number of unbranched alkanes of at least 4 members (excludes halogenated alkanes) is 1. The van der Waals surface area contributed by atoms with Gasteiger partial charge in [0, 0.05) is 6.54 Å². The maximum Gasteiger partial charge on any atom is 0.325 e. The molecule has 40 heavy (non-hydrogen) atoms. The summed E-state index contributed by atoms with van der Waals surface area (Å²) in [5, 5.41) is 7.63. The van der Waals surface area contributed by atoms with Crippen molar-refractivity contribution >= 4 is 35.5 Å². The van der Waals surface area contributed by atoms with Crippen LogP contribution in [0.15, 0.2) is 0 Å². The molecule has 0 spiro atoms. The minimum absolute atomic E-state index is 0.255. The highest BCUT2D eigenvalue weighted by molar-refractivity contribution is 6.37. The van der Waals surface area contributed by atoms with Gasteiger partial charge in [-0.3, -0.25) is 24.0 Å². The van der Waals surface area contributed by atoms with Gasteiger partial charge in [-0.25, -0.2) is 4.79 Å². The number of primary amides is 1. The van der Waals surface area contributed by atoms with E-state index in [4.69, 9.17) is 10.5 Å². The third kappa shape index (κ3) is 11.9. The van der Waals surface area contributed by atoms with Gasteiger partial charge in [-0.2, -0.15) is 0 Å². The van der Waals surface area contributed by atoms with Crippen LogP contribution in [-0.2, 0) is 28.7 Å². The molecule has 2 fully saturated rings. The Balaban J connectivity index is 0.00000187. The maximum atomic E-state index is 13.5. The number of carbonyl (C=O) groups excluding carboxylic acids is 6. The van der Waals surface area contributed by atoms with E-state index in [1.807, 2.05) is 0 Å². The fourth-order valence-electron chi connectivity index (χ4n) is 4.11. The zero-order valence-electron chi connectivity index (χ0n) is 25.1. The molecule has 2 unspecified atom stereocenters. The number of ketones is 1. The Morgan fingerprint density at radius 1 is 0.975 bits per heavy atom. The number of nitrogens with one attached hydrogen (secondary N) is 3. The molecule has 0 radical (unpaired) electrons. The lowest BCUT2D eigenvalue weighted by molar-refractivity contribution is -0.146. The summed E-state index contributed by atoms with van der Waals surface area (Å²) in [7, 11) is 0. The summed E-state index contributed by atoms with van der Waals surface area (Å²) in [6.45, 7) is 13.0. The molecule has 12 nitrogen and oxygen atoms in total. The molecule has 1 saturated carbocycles. The molecule has 2 aliphatic rings. The van der Waals surface area contributed by atoms with Crippen molar-refractivity contribution in [2.24, 2.45) is 17.1 Å². The van der Waals surface area contributed by atoms with Crippen LogP contribution < -0.4 is 21.7 Å². The highest BCUT2D eigenvalue weighted by atomic mass is 16.5. The molecule has 1 heterocycles. The minimum atomic E-state index is -1.11. The zero-order valence-corrected chi connectivity index (χ0v) is 25.1. The predicted octanol–water partition coefficient (Wildman–Crippen LogP) is 1.79. The lowest BCUT2D eigenvalue weighted by Gasteiger charge is -2.35. The third-order valence-electron chi connectivity index (χ3n) is 6.63. The number of nitrogens with two attached hydrogens (primary N) is 1. The van der Waals surface area contributed by atoms with Crippen molar-refractivity contribution < 1.29 is 33.5 Å². The van der Waals surface area contributed by atoms with Crippen LogP contribution in [0.5, 0.6) is 0 Å². The number of ether oxygens (including phenoxy) is 1. The highest BCUT2D eigenvalue weighted by Gasteiger charge is 2.43. The normalized spacial score (nSPS) is 18.1. The number of esters is 1. The summed E-state index contributed by atoms with van der Waals surface area (Å²) in [5.41, 5.74) is 4.44. The summed E-state index contributed by atoms with van der Waals surface area (Å²) in [5.74, 6) is -3.31. The van der Waals surface area contributed by atoms with Crippen molar-refractivity contribution in [1.29, 1.82) is 0 Å². The molecule has 3 atom stereocenters. The van der Waals surface area contributed by atoms with E-state index in [9.17, 15) is 28.8 Å². The van der Waals surface area contributed by atoms with Gasteiger partial charge in [0.05, 0.1) is 12.1 Å². The van der Waals surface area contributed by atoms with E-state index in [1.165, 1.54) is 17.7 Å². The van der Waals surface area contributed by atoms with E-state index in [-0.39, 0.29) is 18.6 Å². The van der Waals surface area contributed by atoms with Crippen LogP contribution in [0.2, 0.25) is 0 Å². The van der Waals surface area contributed by atoms with Crippen LogP contribution in [0.25, 0.3) is 0 Å². The van der Waals surface area contributed by atoms with Crippen LogP contribution >= 0.6 is 0 Å². The van der Waals surface area contributed by atoms with E-state index in [0.29, 0.717) is 25.8 Å². The Bertz CT molecular complexity index is 909. The van der Waals surface area contributed by atoms with Crippen LogP contribution in [0.3, 0.4) is 0 Å². The van der Waals surface area contributed by atoms with Crippen LogP contribution in [-0.4, -0.2) is 77.7 Å². The van der Waals surface area contributed by atoms with E-state index in [1.54, 1.807) is 34.6 Å². The van der Waals surface area contributed by atoms with E-state index in [0.717, 1.165) is 12.8 Å². The number of amides is 5. The predicted molar refractivity (Wildman–Crippen MR) is 150 cm³/mol. The number of Topliss-reactive ketones (excluding diaryl/α,β-unsaturated/α-hetero) is 1. The highest BCUT2D eigenvalue weighted by Crippen LogP contribution is 2.34. The molecule has 5 N–H and O–H groups in total. The van der Waals surface area contributed by atoms with Crippen molar-refractivity contribution in [3.05, 3.63) is 0 Å². The first-order valence-corrected chi connectivity index (χ1v) is 14.3. The summed E-state index contributed by atoms with van der Waals surface area (Å²) >= 11 is 0. The van der Waals surface area contributed by atoms with Gasteiger partial charge in [0.25, 0.3) is 5.91 Å². The van der Waals surface area contributed by atoms with Crippen molar-refractivity contribution in [3.63, 3.8) is 0 Å². The topological polar surface area (TPSA) is 177 Å². The first-order chi connectivity index (χ1) is 18.6. The Kier molecular flexibility index (Phi) is 14.1. The van der Waals surface area contributed by atoms with Crippen molar-refractivity contribution in [1.82, 2.24) is 20.9 Å². The van der Waals surface area contributed by atoms with E-state index >= 15 is 0 Å². The quantitative estimate of drug-likeness (QED) is 0.205. The number of hydrogen-bond acceptors (Lipinski definition) is 7. The second-order valence-electron chi connectivity index (χ2n) is 11.8. The first-order valence-electron chi connectivity index (χ1n) is 14.3. The molecular formula is C28H49N5O7. The van der Waals surface area contributed by atoms with Gasteiger partial charge in [-0.1, -0.05) is 60.3 Å². The molecule has 0 aromatic carbocycles. The summed E-state index contributed by atoms with van der Waals surface area (Å²) < 4.78 is 4.98. The van der Waals surface area contributed by atoms with Crippen LogP contribution in [0, 0.1) is 11.3 Å². The molecule has 1 aliphatic carbocycles. The molecule has 0 aromatic rings. The average Bonchev–Trinajstić information content (AvgIpc) is 3.54. The van der Waals surface area contributed by atoms with Gasteiger partial charge in [0.2, 0.25) is 17.6 Å². The minimum Gasteiger partial charge on any atom is -0.462 e. The lowest BCUT2D eigenvalue weighted by atomic mass is 9.85. The van der Waals surface area contributed by atoms with Gasteiger partial charge in [-0.15, -0.1) is 0 Å². The molecule has 2 rings (SSSR count). The number of likely N-dealkylation sites (tertiary alicyclic amines) is 1. The Morgan fingerprint density at radius 3 is 2.05 bits per heavy atom. The molecule has 0 bridgehead atoms. The maximum absolute atomic E-state index is 13.5. The number of hydrogen-bond donors (Lipinski definition) is 4. The molecule has 1 saturated heterocycles. The fraction of sp³-hybridized carbons (Fsp3) is 0.786. The van der Waals surface area contributed by atoms with Gasteiger partial charge in [0.1, 0.15) is 18.6 Å². The Morgan fingerprint density at radius 2 is 1.57 bits per heavy atom. The first kappa shape index (κ1) is 34.8. The largest absolute Gasteiger partial charge is 0.462 e. The van der Waals surface area contributed by atoms with Crippen LogP contribution in [0.4, 0.5) is 4.79 Å². The Labute approximate surface area is 237 Å². The number of carbonyl (C=O) groups is 6. The monoisotopic (exact) mass is 567 g/mol. The van der Waals surface area contributed by atoms with Crippen molar-refractivity contribution in [3.8, 4) is 0 Å². The third-order valence-corrected chi connectivity index (χ3v) is 6.63. The standard InChI is InChI=1S/C24H39N5O7.C4H10/c1-13(2)36-17(30)12-26-23(35)28-19(24(3,4)5)22(34)29-10-6-7-16(29)21(33)27-15(11-14-8-9-14)18(31)20(25)32;1-3-4-2/h13-16,19H,6-12H2,1-5H3,(H2,25,32)(H,27,33)(H2,26,28,35);3-4H2,1-2H3/t15?,16-,19?;/m0./s1. The molecule has 228 valence electrons. The molecule has 12 heteroatoms. The zero-order chi connectivity index (χ0) is 30.6. The van der Waals surface area contributed by atoms with E-state index < -0.39 is 59.0 Å². The fourth-order valence-corrected chi connectivity index (χ4v) is 4.11. The van der Waals surface area contributed by atoms with Crippen molar-refractivity contribution in [2.75, 3.05) is 13.1 Å². The summed E-state index contributed by atoms with van der Waals surface area (Å²) in [4.78, 5) is 75.9. The second kappa shape index (κ2) is 16.2. The second-order valence-corrected chi connectivity index (χ2v) is 11.8. The lowest BCUT2D eigenvalue weighted by Crippen LogP contribution is -2.60. The van der Waals surface area contributed by atoms with Gasteiger partial charge < -0.3 is 31.3 Å². The SMILES string of the molecule is CC(C)OC(=O)CNC(=O)NC(C(=O)N1CCC[C@H]1C(=O)NC(CC1CC1)C(=O)C(N)=O)C(C)(C)C.CCCC. The van der Waals surface area contributed by atoms with Gasteiger partial charge in [-0.05, 0) is 44.4 Å². The van der Waals surface area contributed by atoms with Gasteiger partial charge >= 0.3 is 12.0 Å². The smallest absolute Gasteiger partial charge is 0.325 e. The van der Waals surface area contributed by atoms with Crippen LogP contribution in [0.1, 0.15) is 93.4 Å². The summed E-state index contributed by atoms with van der Waals surface area (Å²) in [6, 6.07) is -3.59. The van der Waals surface area contributed by atoms with Crippen molar-refractivity contribution in [2.45, 2.75) is 118 Å². The number of rotatable bonds is 12. The van der Waals surface area contributed by atoms with E-state index in [2.05, 4.69) is 29.8 Å². The summed E-state index contributed by atoms with van der Waals surface area (Å²) in [6.07, 6.45) is 5.42. The number of urea groups is 1. The number of nitrogens with zero attached hydrogens (tertiary/aromatic N) is 1. The molecule has 5 amide bonds. The molecule has 1 aliphatic heterocycles. The van der Waals surface area contributed by atoms with Gasteiger partial charge in [0.15, 0.2) is 0 Å². The Hall–Kier alpha value is -3.18. The molecule has 0 aromatic heterocycles.